The van der Waals surface area contributed by atoms with Crippen molar-refractivity contribution in [2.24, 2.45) is 0 Å². The van der Waals surface area contributed by atoms with Gasteiger partial charge in [0, 0.05) is 21.8 Å². The van der Waals surface area contributed by atoms with Crippen molar-refractivity contribution in [3.05, 3.63) is 138 Å². The fourth-order valence-electron chi connectivity index (χ4n) is 4.31. The Labute approximate surface area is 236 Å². The molecule has 6 nitrogen and oxygen atoms in total. The van der Waals surface area contributed by atoms with Gasteiger partial charge in [-0.15, -0.1) is 11.8 Å². The van der Waals surface area contributed by atoms with Crippen LogP contribution < -0.4 is 10.6 Å². The lowest BCUT2D eigenvalue weighted by Crippen LogP contribution is -2.20. The van der Waals surface area contributed by atoms with Crippen LogP contribution >= 0.6 is 11.8 Å². The van der Waals surface area contributed by atoms with E-state index in [1.54, 1.807) is 18.2 Å². The molecule has 1 atom stereocenters. The molecule has 198 valence electrons. The van der Waals surface area contributed by atoms with E-state index in [0.717, 1.165) is 26.8 Å². The number of carbonyl (C=O) groups excluding carboxylic acids is 2. The van der Waals surface area contributed by atoms with Crippen LogP contribution in [0.4, 0.5) is 11.4 Å². The van der Waals surface area contributed by atoms with Crippen LogP contribution in [-0.4, -0.2) is 22.9 Å². The monoisotopic (exact) mass is 546 g/mol. The standard InChI is InChI=1S/C33H26N2O4S/c1-21-14-15-26(33(38)39)19-29(21)35-32(37)30(23-9-3-2-4-10-23)40-28-13-7-12-27(20-28)34-31(36)25-17-16-22-8-5-6-11-24(22)18-25/h2-20,30H,1H3,(H,34,36)(H,35,37)(H,38,39). The summed E-state index contributed by atoms with van der Waals surface area (Å²) in [5.74, 6) is -1.57. The normalized spacial score (nSPS) is 11.5. The van der Waals surface area contributed by atoms with Gasteiger partial charge in [0.1, 0.15) is 5.25 Å². The summed E-state index contributed by atoms with van der Waals surface area (Å²) < 4.78 is 0. The van der Waals surface area contributed by atoms with Crippen molar-refractivity contribution < 1.29 is 19.5 Å². The first-order valence-electron chi connectivity index (χ1n) is 12.6. The predicted molar refractivity (Wildman–Crippen MR) is 160 cm³/mol. The van der Waals surface area contributed by atoms with Crippen LogP contribution in [0.1, 0.15) is 37.1 Å². The molecule has 0 heterocycles. The topological polar surface area (TPSA) is 95.5 Å². The van der Waals surface area contributed by atoms with Crippen LogP contribution in [0, 0.1) is 6.92 Å². The number of carboxylic acids is 1. The zero-order chi connectivity index (χ0) is 28.1. The fourth-order valence-corrected chi connectivity index (χ4v) is 5.39. The molecule has 5 rings (SSSR count). The van der Waals surface area contributed by atoms with Crippen molar-refractivity contribution in [1.82, 2.24) is 0 Å². The zero-order valence-electron chi connectivity index (χ0n) is 21.6. The maximum atomic E-state index is 13.6. The Bertz CT molecular complexity index is 1720. The van der Waals surface area contributed by atoms with Crippen molar-refractivity contribution in [1.29, 1.82) is 0 Å². The van der Waals surface area contributed by atoms with Crippen LogP contribution in [0.2, 0.25) is 0 Å². The molecule has 5 aromatic carbocycles. The molecule has 40 heavy (non-hydrogen) atoms. The van der Waals surface area contributed by atoms with Crippen LogP contribution in [-0.2, 0) is 4.79 Å². The van der Waals surface area contributed by atoms with Crippen molar-refractivity contribution >= 4 is 51.7 Å². The van der Waals surface area contributed by atoms with Crippen LogP contribution in [0.3, 0.4) is 0 Å². The van der Waals surface area contributed by atoms with Gasteiger partial charge in [0.25, 0.3) is 5.91 Å². The number of benzene rings is 5. The van der Waals surface area contributed by atoms with E-state index < -0.39 is 11.2 Å². The number of fused-ring (bicyclic) bond motifs is 1. The van der Waals surface area contributed by atoms with E-state index in [9.17, 15) is 19.5 Å². The summed E-state index contributed by atoms with van der Waals surface area (Å²) in [7, 11) is 0. The number of hydrogen-bond acceptors (Lipinski definition) is 4. The number of aryl methyl sites for hydroxylation is 1. The van der Waals surface area contributed by atoms with Crippen molar-refractivity contribution in [3.8, 4) is 0 Å². The highest BCUT2D eigenvalue weighted by molar-refractivity contribution is 8.00. The Morgan fingerprint density at radius 1 is 0.700 bits per heavy atom. The third kappa shape index (κ3) is 6.22. The molecule has 5 aromatic rings. The molecule has 0 aromatic heterocycles. The lowest BCUT2D eigenvalue weighted by Gasteiger charge is -2.19. The summed E-state index contributed by atoms with van der Waals surface area (Å²) in [6.45, 7) is 1.81. The second-order valence-electron chi connectivity index (χ2n) is 9.28. The van der Waals surface area contributed by atoms with Crippen LogP contribution in [0.25, 0.3) is 10.8 Å². The quantitative estimate of drug-likeness (QED) is 0.175. The summed E-state index contributed by atoms with van der Waals surface area (Å²) in [6.07, 6.45) is 0. The fraction of sp³-hybridized carbons (Fsp3) is 0.0606. The van der Waals surface area contributed by atoms with Gasteiger partial charge >= 0.3 is 5.97 Å². The smallest absolute Gasteiger partial charge is 0.335 e. The minimum Gasteiger partial charge on any atom is -0.478 e. The molecule has 3 N–H and O–H groups in total. The summed E-state index contributed by atoms with van der Waals surface area (Å²) in [6, 6.07) is 34.8. The minimum atomic E-state index is -1.06. The Hall–Kier alpha value is -4.88. The van der Waals surface area contributed by atoms with Crippen molar-refractivity contribution in [3.63, 3.8) is 0 Å². The molecular weight excluding hydrogens is 520 g/mol. The number of aromatic carboxylic acids is 1. The molecule has 0 radical (unpaired) electrons. The van der Waals surface area contributed by atoms with E-state index in [1.165, 1.54) is 23.9 Å². The average molecular weight is 547 g/mol. The van der Waals surface area contributed by atoms with Crippen LogP contribution in [0.15, 0.2) is 120 Å². The number of rotatable bonds is 8. The van der Waals surface area contributed by atoms with E-state index in [2.05, 4.69) is 10.6 Å². The van der Waals surface area contributed by atoms with Gasteiger partial charge in [-0.05, 0) is 71.3 Å². The summed E-state index contributed by atoms with van der Waals surface area (Å²) in [5, 5.41) is 16.7. The largest absolute Gasteiger partial charge is 0.478 e. The highest BCUT2D eigenvalue weighted by Crippen LogP contribution is 2.37. The van der Waals surface area contributed by atoms with Gasteiger partial charge in [-0.1, -0.05) is 72.8 Å². The van der Waals surface area contributed by atoms with Gasteiger partial charge in [-0.25, -0.2) is 4.79 Å². The minimum absolute atomic E-state index is 0.0969. The molecule has 1 unspecified atom stereocenters. The number of anilines is 2. The van der Waals surface area contributed by atoms with Crippen LogP contribution in [0.5, 0.6) is 0 Å². The van der Waals surface area contributed by atoms with Crippen molar-refractivity contribution in [2.45, 2.75) is 17.1 Å². The summed E-state index contributed by atoms with van der Waals surface area (Å²) >= 11 is 1.34. The zero-order valence-corrected chi connectivity index (χ0v) is 22.4. The number of amides is 2. The molecule has 0 aliphatic carbocycles. The Balaban J connectivity index is 1.37. The lowest BCUT2D eigenvalue weighted by molar-refractivity contribution is -0.115. The maximum Gasteiger partial charge on any atom is 0.335 e. The number of thioether (sulfide) groups is 1. The van der Waals surface area contributed by atoms with Gasteiger partial charge in [-0.3, -0.25) is 9.59 Å². The molecule has 0 bridgehead atoms. The molecular formula is C33H26N2O4S. The first-order chi connectivity index (χ1) is 19.4. The average Bonchev–Trinajstić information content (AvgIpc) is 2.97. The van der Waals surface area contributed by atoms with E-state index in [4.69, 9.17) is 0 Å². The summed E-state index contributed by atoms with van der Waals surface area (Å²) in [5.41, 5.74) is 3.26. The third-order valence-electron chi connectivity index (χ3n) is 6.44. The molecule has 0 aliphatic heterocycles. The van der Waals surface area contributed by atoms with Crippen molar-refractivity contribution in [2.75, 3.05) is 10.6 Å². The number of carbonyl (C=O) groups is 3. The van der Waals surface area contributed by atoms with E-state index in [0.29, 0.717) is 16.9 Å². The molecule has 0 saturated heterocycles. The van der Waals surface area contributed by atoms with E-state index in [-0.39, 0.29) is 17.4 Å². The predicted octanol–water partition coefficient (Wildman–Crippen LogP) is 7.57. The maximum absolute atomic E-state index is 13.6. The van der Waals surface area contributed by atoms with Gasteiger partial charge in [0.05, 0.1) is 5.56 Å². The number of nitrogens with one attached hydrogen (secondary N) is 2. The highest BCUT2D eigenvalue weighted by atomic mass is 32.2. The van der Waals surface area contributed by atoms with Gasteiger partial charge < -0.3 is 15.7 Å². The Kier molecular flexibility index (Phi) is 7.94. The van der Waals surface area contributed by atoms with Gasteiger partial charge in [0.15, 0.2) is 0 Å². The first-order valence-corrected chi connectivity index (χ1v) is 13.5. The highest BCUT2D eigenvalue weighted by Gasteiger charge is 2.23. The Morgan fingerprint density at radius 2 is 1.43 bits per heavy atom. The molecule has 0 spiro atoms. The SMILES string of the molecule is Cc1ccc(C(=O)O)cc1NC(=O)C(Sc1cccc(NC(=O)c2ccc3ccccc3c2)c1)c1ccccc1. The van der Waals surface area contributed by atoms with Gasteiger partial charge in [0.2, 0.25) is 5.91 Å². The lowest BCUT2D eigenvalue weighted by atomic mass is 10.1. The number of carboxylic acid groups (broad SMARTS) is 1. The van der Waals surface area contributed by atoms with Gasteiger partial charge in [-0.2, -0.15) is 0 Å². The molecule has 7 heteroatoms. The second kappa shape index (κ2) is 11.9. The Morgan fingerprint density at radius 3 is 2.20 bits per heavy atom. The second-order valence-corrected chi connectivity index (χ2v) is 10.5. The molecule has 0 saturated carbocycles. The molecule has 0 fully saturated rings. The summed E-state index contributed by atoms with van der Waals surface area (Å²) in [4.78, 5) is 38.8. The van der Waals surface area contributed by atoms with E-state index >= 15 is 0 Å². The molecule has 2 amide bonds. The van der Waals surface area contributed by atoms with E-state index in [1.807, 2.05) is 91.9 Å². The first kappa shape index (κ1) is 26.7. The molecule has 0 aliphatic rings. The third-order valence-corrected chi connectivity index (χ3v) is 7.69. The number of hydrogen-bond donors (Lipinski definition) is 3.